The summed E-state index contributed by atoms with van der Waals surface area (Å²) in [6.45, 7) is 4.51. The molecule has 7 heteroatoms. The van der Waals surface area contributed by atoms with Gasteiger partial charge in [0.2, 0.25) is 11.8 Å². The first-order chi connectivity index (χ1) is 15.1. The zero-order chi connectivity index (χ0) is 21.4. The molecule has 2 aromatic heterocycles. The number of H-pyrrole nitrogens is 1. The predicted molar refractivity (Wildman–Crippen MR) is 121 cm³/mol. The van der Waals surface area contributed by atoms with Gasteiger partial charge in [0.1, 0.15) is 5.65 Å². The number of likely N-dealkylation sites (tertiary alicyclic amines) is 1. The van der Waals surface area contributed by atoms with Crippen molar-refractivity contribution >= 4 is 34.2 Å². The van der Waals surface area contributed by atoms with Gasteiger partial charge >= 0.3 is 0 Å². The van der Waals surface area contributed by atoms with Gasteiger partial charge < -0.3 is 15.2 Å². The average molecular weight is 418 g/mol. The molecule has 0 aliphatic carbocycles. The number of anilines is 2. The van der Waals surface area contributed by atoms with Gasteiger partial charge in [0.25, 0.3) is 0 Å². The number of aromatic nitrogens is 2. The number of carbonyl (C=O) groups excluding carboxylic acids is 2. The van der Waals surface area contributed by atoms with Gasteiger partial charge in [-0.1, -0.05) is 0 Å². The van der Waals surface area contributed by atoms with E-state index < -0.39 is 0 Å². The second-order valence-corrected chi connectivity index (χ2v) is 8.51. The van der Waals surface area contributed by atoms with Crippen LogP contribution in [0.5, 0.6) is 0 Å². The number of hydrogen-bond acceptors (Lipinski definition) is 4. The predicted octanol–water partition coefficient (Wildman–Crippen LogP) is 3.29. The lowest BCUT2D eigenvalue weighted by Gasteiger charge is -2.31. The molecule has 3 aromatic rings. The third kappa shape index (κ3) is 3.93. The highest BCUT2D eigenvalue weighted by Gasteiger charge is 2.25. The molecule has 0 saturated carbocycles. The summed E-state index contributed by atoms with van der Waals surface area (Å²) in [5.41, 5.74) is 5.16. The second-order valence-electron chi connectivity index (χ2n) is 8.51. The molecule has 0 radical (unpaired) electrons. The molecule has 160 valence electrons. The van der Waals surface area contributed by atoms with Crippen molar-refractivity contribution in [1.82, 2.24) is 14.9 Å². The van der Waals surface area contributed by atoms with E-state index in [2.05, 4.69) is 32.4 Å². The number of benzene rings is 1. The molecule has 5 rings (SSSR count). The third-order valence-electron chi connectivity index (χ3n) is 6.52. The number of nitrogens with zero attached hydrogens (tertiary/aromatic N) is 3. The molecule has 0 bridgehead atoms. The normalized spacial score (nSPS) is 17.1. The summed E-state index contributed by atoms with van der Waals surface area (Å²) in [4.78, 5) is 36.0. The van der Waals surface area contributed by atoms with Crippen LogP contribution in [-0.4, -0.2) is 52.9 Å². The second kappa shape index (κ2) is 8.15. The van der Waals surface area contributed by atoms with Gasteiger partial charge in [0, 0.05) is 42.6 Å². The minimum absolute atomic E-state index is 0.0103. The van der Waals surface area contributed by atoms with E-state index in [0.29, 0.717) is 19.0 Å². The van der Waals surface area contributed by atoms with Crippen LogP contribution in [0.1, 0.15) is 36.8 Å². The first-order valence-electron chi connectivity index (χ1n) is 10.9. The van der Waals surface area contributed by atoms with Crippen molar-refractivity contribution in [2.75, 3.05) is 36.4 Å². The summed E-state index contributed by atoms with van der Waals surface area (Å²) < 4.78 is 0. The summed E-state index contributed by atoms with van der Waals surface area (Å²) in [5.74, 6) is 0.567. The van der Waals surface area contributed by atoms with Crippen molar-refractivity contribution < 1.29 is 9.59 Å². The smallest absolute Gasteiger partial charge is 0.238 e. The fraction of sp³-hybridized carbons (Fsp3) is 0.375. The Morgan fingerprint density at radius 2 is 2.03 bits per heavy atom. The van der Waals surface area contributed by atoms with E-state index in [4.69, 9.17) is 0 Å². The maximum absolute atomic E-state index is 12.6. The first-order valence-corrected chi connectivity index (χ1v) is 10.9. The molecule has 4 heterocycles. The Morgan fingerprint density at radius 3 is 2.84 bits per heavy atom. The zero-order valence-electron chi connectivity index (χ0n) is 17.7. The van der Waals surface area contributed by atoms with E-state index in [1.54, 1.807) is 11.8 Å². The van der Waals surface area contributed by atoms with Crippen molar-refractivity contribution in [3.05, 3.63) is 53.9 Å². The molecule has 31 heavy (non-hydrogen) atoms. The van der Waals surface area contributed by atoms with Crippen LogP contribution >= 0.6 is 0 Å². The van der Waals surface area contributed by atoms with Crippen molar-refractivity contribution in [3.63, 3.8) is 0 Å². The van der Waals surface area contributed by atoms with Crippen LogP contribution in [0, 0.1) is 0 Å². The van der Waals surface area contributed by atoms with E-state index in [-0.39, 0.29) is 11.8 Å². The van der Waals surface area contributed by atoms with Crippen LogP contribution in [0.3, 0.4) is 0 Å². The van der Waals surface area contributed by atoms with Crippen molar-refractivity contribution in [2.45, 2.75) is 32.1 Å². The monoisotopic (exact) mass is 417 g/mol. The number of amides is 2. The minimum atomic E-state index is 0.0103. The fourth-order valence-electron chi connectivity index (χ4n) is 4.93. The van der Waals surface area contributed by atoms with E-state index in [1.165, 1.54) is 10.9 Å². The highest BCUT2D eigenvalue weighted by atomic mass is 16.2. The van der Waals surface area contributed by atoms with Crippen LogP contribution in [0.15, 0.2) is 42.7 Å². The number of fused-ring (bicyclic) bond motifs is 2. The molecule has 2 amide bonds. The fourth-order valence-corrected chi connectivity index (χ4v) is 4.93. The number of piperidine rings is 1. The Bertz CT molecular complexity index is 1130. The SMILES string of the molecule is CC(=O)N1CCc2cc(NC(=O)CN3CCC(c4c[nH]c5ncccc45)CC3)ccc21. The van der Waals surface area contributed by atoms with Gasteiger partial charge in [-0.15, -0.1) is 0 Å². The van der Waals surface area contributed by atoms with E-state index in [1.807, 2.05) is 30.5 Å². The number of pyridine rings is 1. The molecule has 1 aromatic carbocycles. The molecule has 0 spiro atoms. The van der Waals surface area contributed by atoms with Crippen molar-refractivity contribution in [1.29, 1.82) is 0 Å². The molecule has 0 unspecified atom stereocenters. The summed E-state index contributed by atoms with van der Waals surface area (Å²) in [6.07, 6.45) is 6.80. The average Bonchev–Trinajstić information content (AvgIpc) is 3.38. The minimum Gasteiger partial charge on any atom is -0.346 e. The maximum atomic E-state index is 12.6. The van der Waals surface area contributed by atoms with Crippen molar-refractivity contribution in [2.24, 2.45) is 0 Å². The number of aromatic amines is 1. The van der Waals surface area contributed by atoms with E-state index in [0.717, 1.165) is 54.9 Å². The highest BCUT2D eigenvalue weighted by Crippen LogP contribution is 2.33. The van der Waals surface area contributed by atoms with E-state index >= 15 is 0 Å². The number of rotatable bonds is 4. The molecule has 2 aliphatic heterocycles. The molecule has 1 saturated heterocycles. The van der Waals surface area contributed by atoms with Gasteiger partial charge in [-0.2, -0.15) is 0 Å². The topological polar surface area (TPSA) is 81.3 Å². The summed E-state index contributed by atoms with van der Waals surface area (Å²) >= 11 is 0. The zero-order valence-corrected chi connectivity index (χ0v) is 17.7. The third-order valence-corrected chi connectivity index (χ3v) is 6.52. The number of nitrogens with one attached hydrogen (secondary N) is 2. The Morgan fingerprint density at radius 1 is 1.19 bits per heavy atom. The first kappa shape index (κ1) is 19.8. The quantitative estimate of drug-likeness (QED) is 0.683. The molecular weight excluding hydrogens is 390 g/mol. The summed E-state index contributed by atoms with van der Waals surface area (Å²) in [6, 6.07) is 9.92. The molecular formula is C24H27N5O2. The van der Waals surface area contributed by atoms with Gasteiger partial charge in [0.05, 0.1) is 6.54 Å². The summed E-state index contributed by atoms with van der Waals surface area (Å²) in [7, 11) is 0. The molecule has 1 fully saturated rings. The lowest BCUT2D eigenvalue weighted by atomic mass is 9.89. The Labute approximate surface area is 181 Å². The maximum Gasteiger partial charge on any atom is 0.238 e. The molecule has 7 nitrogen and oxygen atoms in total. The number of hydrogen-bond donors (Lipinski definition) is 2. The van der Waals surface area contributed by atoms with Gasteiger partial charge in [0.15, 0.2) is 0 Å². The highest BCUT2D eigenvalue weighted by molar-refractivity contribution is 5.96. The largest absolute Gasteiger partial charge is 0.346 e. The van der Waals surface area contributed by atoms with Gasteiger partial charge in [-0.25, -0.2) is 4.98 Å². The number of carbonyl (C=O) groups is 2. The van der Waals surface area contributed by atoms with Crippen LogP contribution in [0.25, 0.3) is 11.0 Å². The Hall–Kier alpha value is -3.19. The molecule has 0 atom stereocenters. The van der Waals surface area contributed by atoms with Crippen LogP contribution in [0.4, 0.5) is 11.4 Å². The van der Waals surface area contributed by atoms with Crippen LogP contribution in [-0.2, 0) is 16.0 Å². The lowest BCUT2D eigenvalue weighted by molar-refractivity contribution is -0.118. The lowest BCUT2D eigenvalue weighted by Crippen LogP contribution is -2.38. The van der Waals surface area contributed by atoms with Gasteiger partial charge in [-0.3, -0.25) is 14.5 Å². The van der Waals surface area contributed by atoms with Crippen molar-refractivity contribution in [3.8, 4) is 0 Å². The summed E-state index contributed by atoms with van der Waals surface area (Å²) in [5, 5.41) is 4.24. The van der Waals surface area contributed by atoms with Gasteiger partial charge in [-0.05, 0) is 79.7 Å². The standard InChI is InChI=1S/C24H27N5O2/c1-16(30)29-12-8-18-13-19(4-5-22(18)29)27-23(31)15-28-10-6-17(7-11-28)21-14-26-24-20(21)3-2-9-25-24/h2-5,9,13-14,17H,6-8,10-12,15H2,1H3,(H,25,26)(H,27,31). The molecule has 2 N–H and O–H groups in total. The van der Waals surface area contributed by atoms with E-state index in [9.17, 15) is 9.59 Å². The Balaban J connectivity index is 1.16. The molecule has 2 aliphatic rings. The van der Waals surface area contributed by atoms with Crippen LogP contribution in [0.2, 0.25) is 0 Å². The van der Waals surface area contributed by atoms with Crippen LogP contribution < -0.4 is 10.2 Å². The Kier molecular flexibility index (Phi) is 5.19.